The fourth-order valence-electron chi connectivity index (χ4n) is 2.51. The van der Waals surface area contributed by atoms with E-state index in [1.807, 2.05) is 31.2 Å². The molecule has 0 fully saturated rings. The van der Waals surface area contributed by atoms with Crippen LogP contribution in [0.5, 0.6) is 11.5 Å². The monoisotopic (exact) mass is 395 g/mol. The number of rotatable bonds is 10. The van der Waals surface area contributed by atoms with Gasteiger partial charge in [0.2, 0.25) is 10.0 Å². The minimum Gasteiger partial charge on any atom is -0.497 e. The second kappa shape index (κ2) is 9.70. The van der Waals surface area contributed by atoms with Crippen LogP contribution in [0.3, 0.4) is 0 Å². The van der Waals surface area contributed by atoms with Crippen molar-refractivity contribution < 1.29 is 27.7 Å². The van der Waals surface area contributed by atoms with E-state index in [1.165, 1.54) is 26.4 Å². The molecule has 148 valence electrons. The summed E-state index contributed by atoms with van der Waals surface area (Å²) in [6.45, 7) is 1.92. The number of aryl methyl sites for hydroxylation is 1. The molecule has 1 unspecified atom stereocenters. The number of sulfonamides is 1. The SMILES string of the molecule is COc1ccc(OC)c(S(=O)(=O)NCC(OCCO)c2ccc(C)cc2)c1. The molecule has 0 aliphatic heterocycles. The molecule has 2 aromatic rings. The normalized spacial score (nSPS) is 12.6. The van der Waals surface area contributed by atoms with E-state index in [1.54, 1.807) is 6.07 Å². The van der Waals surface area contributed by atoms with Crippen molar-refractivity contribution in [2.45, 2.75) is 17.9 Å². The number of aliphatic hydroxyl groups is 1. The lowest BCUT2D eigenvalue weighted by molar-refractivity contribution is 0.0309. The Hall–Kier alpha value is -2.13. The van der Waals surface area contributed by atoms with Gasteiger partial charge >= 0.3 is 0 Å². The Morgan fingerprint density at radius 1 is 1.07 bits per heavy atom. The minimum absolute atomic E-state index is 0.00571. The van der Waals surface area contributed by atoms with Gasteiger partial charge in [-0.2, -0.15) is 0 Å². The Balaban J connectivity index is 2.23. The molecule has 27 heavy (non-hydrogen) atoms. The summed E-state index contributed by atoms with van der Waals surface area (Å²) in [5.74, 6) is 0.620. The van der Waals surface area contributed by atoms with E-state index in [0.29, 0.717) is 5.75 Å². The van der Waals surface area contributed by atoms with Gasteiger partial charge in [-0.15, -0.1) is 0 Å². The van der Waals surface area contributed by atoms with Crippen LogP contribution in [0.25, 0.3) is 0 Å². The zero-order chi connectivity index (χ0) is 19.9. The molecular formula is C19H25NO6S. The lowest BCUT2D eigenvalue weighted by Crippen LogP contribution is -2.30. The number of benzene rings is 2. The van der Waals surface area contributed by atoms with Gasteiger partial charge in [0.15, 0.2) is 0 Å². The summed E-state index contributed by atoms with van der Waals surface area (Å²) in [6.07, 6.45) is -0.538. The molecule has 0 heterocycles. The Morgan fingerprint density at radius 3 is 2.37 bits per heavy atom. The number of aliphatic hydroxyl groups excluding tert-OH is 1. The van der Waals surface area contributed by atoms with E-state index in [9.17, 15) is 8.42 Å². The van der Waals surface area contributed by atoms with Crippen LogP contribution in [-0.4, -0.2) is 47.5 Å². The molecule has 2 N–H and O–H groups in total. The molecule has 0 aromatic heterocycles. The molecule has 0 saturated carbocycles. The van der Waals surface area contributed by atoms with E-state index in [0.717, 1.165) is 11.1 Å². The number of methoxy groups -OCH3 is 2. The topological polar surface area (TPSA) is 94.1 Å². The maximum atomic E-state index is 12.8. The number of hydrogen-bond donors (Lipinski definition) is 2. The van der Waals surface area contributed by atoms with Crippen molar-refractivity contribution in [1.82, 2.24) is 4.72 Å². The molecule has 0 bridgehead atoms. The third kappa shape index (κ3) is 5.67. The van der Waals surface area contributed by atoms with E-state index in [4.69, 9.17) is 19.3 Å². The van der Waals surface area contributed by atoms with Crippen LogP contribution in [0, 0.1) is 6.92 Å². The summed E-state index contributed by atoms with van der Waals surface area (Å²) in [4.78, 5) is -0.0193. The highest BCUT2D eigenvalue weighted by molar-refractivity contribution is 7.89. The smallest absolute Gasteiger partial charge is 0.244 e. The summed E-state index contributed by atoms with van der Waals surface area (Å²) in [6, 6.07) is 12.1. The third-order valence-electron chi connectivity index (χ3n) is 3.98. The van der Waals surface area contributed by atoms with E-state index in [-0.39, 0.29) is 30.4 Å². The first-order valence-corrected chi connectivity index (χ1v) is 9.90. The highest BCUT2D eigenvalue weighted by Crippen LogP contribution is 2.28. The van der Waals surface area contributed by atoms with Crippen LogP contribution in [-0.2, 0) is 14.8 Å². The van der Waals surface area contributed by atoms with Gasteiger partial charge in [0.05, 0.1) is 33.5 Å². The second-order valence-electron chi connectivity index (χ2n) is 5.86. The van der Waals surface area contributed by atoms with Crippen molar-refractivity contribution in [3.8, 4) is 11.5 Å². The third-order valence-corrected chi connectivity index (χ3v) is 5.42. The van der Waals surface area contributed by atoms with Gasteiger partial charge in [0.1, 0.15) is 16.4 Å². The van der Waals surface area contributed by atoms with Crippen LogP contribution in [0.1, 0.15) is 17.2 Å². The fraction of sp³-hybridized carbons (Fsp3) is 0.368. The van der Waals surface area contributed by atoms with Crippen molar-refractivity contribution in [3.63, 3.8) is 0 Å². The zero-order valence-corrected chi connectivity index (χ0v) is 16.5. The molecule has 2 aromatic carbocycles. The quantitative estimate of drug-likeness (QED) is 0.639. The second-order valence-corrected chi connectivity index (χ2v) is 7.60. The van der Waals surface area contributed by atoms with Gasteiger partial charge in [0, 0.05) is 12.6 Å². The van der Waals surface area contributed by atoms with Gasteiger partial charge in [-0.3, -0.25) is 0 Å². The highest BCUT2D eigenvalue weighted by Gasteiger charge is 2.23. The van der Waals surface area contributed by atoms with Crippen molar-refractivity contribution in [3.05, 3.63) is 53.6 Å². The van der Waals surface area contributed by atoms with Crippen LogP contribution < -0.4 is 14.2 Å². The van der Waals surface area contributed by atoms with Crippen LogP contribution in [0.4, 0.5) is 0 Å². The maximum Gasteiger partial charge on any atom is 0.244 e. The Kier molecular flexibility index (Phi) is 7.61. The molecule has 1 atom stereocenters. The van der Waals surface area contributed by atoms with Crippen molar-refractivity contribution in [2.75, 3.05) is 34.0 Å². The number of ether oxygens (including phenoxy) is 3. The maximum absolute atomic E-state index is 12.8. The van der Waals surface area contributed by atoms with Gasteiger partial charge in [-0.1, -0.05) is 29.8 Å². The van der Waals surface area contributed by atoms with Crippen LogP contribution in [0.15, 0.2) is 47.4 Å². The predicted molar refractivity (Wildman–Crippen MR) is 102 cm³/mol. The Labute approximate surface area is 159 Å². The molecule has 0 aliphatic carbocycles. The summed E-state index contributed by atoms with van der Waals surface area (Å²) in [7, 11) is -1.01. The minimum atomic E-state index is -3.87. The Morgan fingerprint density at radius 2 is 1.78 bits per heavy atom. The molecule has 8 heteroatoms. The molecule has 0 amide bonds. The first-order valence-electron chi connectivity index (χ1n) is 8.42. The number of nitrogens with one attached hydrogen (secondary N) is 1. The van der Waals surface area contributed by atoms with Crippen LogP contribution in [0.2, 0.25) is 0 Å². The van der Waals surface area contributed by atoms with Gasteiger partial charge < -0.3 is 19.3 Å². The van der Waals surface area contributed by atoms with Gasteiger partial charge in [-0.25, -0.2) is 13.1 Å². The fourth-order valence-corrected chi connectivity index (χ4v) is 3.72. The predicted octanol–water partition coefficient (Wildman–Crippen LogP) is 2.04. The molecule has 0 saturated heterocycles. The number of hydrogen-bond acceptors (Lipinski definition) is 6. The zero-order valence-electron chi connectivity index (χ0n) is 15.6. The molecular weight excluding hydrogens is 370 g/mol. The first kappa shape index (κ1) is 21.2. The summed E-state index contributed by atoms with van der Waals surface area (Å²) in [5.41, 5.74) is 1.90. The lowest BCUT2D eigenvalue weighted by Gasteiger charge is -2.19. The summed E-state index contributed by atoms with van der Waals surface area (Å²) >= 11 is 0. The molecule has 7 nitrogen and oxygen atoms in total. The molecule has 0 spiro atoms. The van der Waals surface area contributed by atoms with Crippen molar-refractivity contribution in [2.24, 2.45) is 0 Å². The van der Waals surface area contributed by atoms with Crippen LogP contribution >= 0.6 is 0 Å². The standard InChI is InChI=1S/C19H25NO6S/c1-14-4-6-15(7-5-14)18(26-11-10-21)13-20-27(22,23)19-12-16(24-2)8-9-17(19)25-3/h4-9,12,18,20-21H,10-11,13H2,1-3H3. The molecule has 2 rings (SSSR count). The average molecular weight is 395 g/mol. The first-order chi connectivity index (χ1) is 12.9. The highest BCUT2D eigenvalue weighted by atomic mass is 32.2. The average Bonchev–Trinajstić information content (AvgIpc) is 2.68. The lowest BCUT2D eigenvalue weighted by atomic mass is 10.1. The Bertz CT molecular complexity index is 836. The largest absolute Gasteiger partial charge is 0.497 e. The summed E-state index contributed by atoms with van der Waals surface area (Å²) < 4.78 is 44.0. The van der Waals surface area contributed by atoms with E-state index >= 15 is 0 Å². The van der Waals surface area contributed by atoms with E-state index in [2.05, 4.69) is 4.72 Å². The van der Waals surface area contributed by atoms with Gasteiger partial charge in [0.25, 0.3) is 0 Å². The van der Waals surface area contributed by atoms with Crippen molar-refractivity contribution in [1.29, 1.82) is 0 Å². The summed E-state index contributed by atoms with van der Waals surface area (Å²) in [5, 5.41) is 9.04. The molecule has 0 aliphatic rings. The van der Waals surface area contributed by atoms with Crippen molar-refractivity contribution >= 4 is 10.0 Å². The van der Waals surface area contributed by atoms with E-state index < -0.39 is 16.1 Å². The van der Waals surface area contributed by atoms with Gasteiger partial charge in [-0.05, 0) is 24.6 Å². The molecule has 0 radical (unpaired) electrons.